The molecule has 1 aliphatic rings. The van der Waals surface area contributed by atoms with E-state index in [9.17, 15) is 4.79 Å². The highest BCUT2D eigenvalue weighted by molar-refractivity contribution is 5.88. The Hall–Kier alpha value is -1.48. The molecule has 76 valence electrons. The van der Waals surface area contributed by atoms with Crippen LogP contribution in [0.4, 0.5) is 0 Å². The predicted molar refractivity (Wildman–Crippen MR) is 51.5 cm³/mol. The average molecular weight is 195 g/mol. The summed E-state index contributed by atoms with van der Waals surface area (Å²) in [4.78, 5) is 14.1. The summed E-state index contributed by atoms with van der Waals surface area (Å²) >= 11 is 0. The first-order valence-electron chi connectivity index (χ1n) is 4.68. The zero-order valence-electron chi connectivity index (χ0n) is 8.14. The number of carbonyl (C=O) groups is 1. The Balaban J connectivity index is 2.58. The molecule has 0 amide bonds. The van der Waals surface area contributed by atoms with Gasteiger partial charge in [-0.1, -0.05) is 11.2 Å². The van der Waals surface area contributed by atoms with Crippen LogP contribution in [0.1, 0.15) is 26.2 Å². The van der Waals surface area contributed by atoms with Gasteiger partial charge in [0.05, 0.1) is 6.61 Å². The van der Waals surface area contributed by atoms with Crippen molar-refractivity contribution in [2.24, 2.45) is 5.11 Å². The summed E-state index contributed by atoms with van der Waals surface area (Å²) in [6.07, 6.45) is 3.95. The highest BCUT2D eigenvalue weighted by Crippen LogP contribution is 2.21. The third-order valence-corrected chi connectivity index (χ3v) is 2.10. The van der Waals surface area contributed by atoms with E-state index in [1.165, 1.54) is 0 Å². The number of carbonyl (C=O) groups excluding carboxylic acids is 1. The van der Waals surface area contributed by atoms with Crippen molar-refractivity contribution in [3.8, 4) is 0 Å². The van der Waals surface area contributed by atoms with Crippen LogP contribution in [-0.4, -0.2) is 18.6 Å². The zero-order valence-corrected chi connectivity index (χ0v) is 8.14. The summed E-state index contributed by atoms with van der Waals surface area (Å²) in [6, 6.07) is -0.0931. The molecule has 0 N–H and O–H groups in total. The summed E-state index contributed by atoms with van der Waals surface area (Å²) in [6.45, 7) is 2.15. The summed E-state index contributed by atoms with van der Waals surface area (Å²) in [5.41, 5.74) is 8.90. The minimum Gasteiger partial charge on any atom is -0.463 e. The van der Waals surface area contributed by atoms with Gasteiger partial charge in [0, 0.05) is 16.5 Å². The molecule has 0 bridgehead atoms. The molecule has 0 saturated heterocycles. The van der Waals surface area contributed by atoms with Crippen molar-refractivity contribution in [3.63, 3.8) is 0 Å². The van der Waals surface area contributed by atoms with E-state index in [1.807, 2.05) is 6.08 Å². The molecule has 0 aliphatic heterocycles. The number of nitrogens with zero attached hydrogens (tertiary/aromatic N) is 3. The van der Waals surface area contributed by atoms with Crippen molar-refractivity contribution in [2.75, 3.05) is 6.61 Å². The molecule has 0 aromatic carbocycles. The molecular formula is C9H13N3O2. The second kappa shape index (κ2) is 5.29. The van der Waals surface area contributed by atoms with E-state index in [-0.39, 0.29) is 12.0 Å². The number of azide groups is 1. The van der Waals surface area contributed by atoms with Gasteiger partial charge >= 0.3 is 5.97 Å². The van der Waals surface area contributed by atoms with Crippen molar-refractivity contribution < 1.29 is 9.53 Å². The van der Waals surface area contributed by atoms with E-state index in [0.717, 1.165) is 12.8 Å². The Bertz CT molecular complexity index is 292. The van der Waals surface area contributed by atoms with E-state index >= 15 is 0 Å². The van der Waals surface area contributed by atoms with Gasteiger partial charge in [-0.2, -0.15) is 0 Å². The van der Waals surface area contributed by atoms with Crippen molar-refractivity contribution in [3.05, 3.63) is 22.1 Å². The fraction of sp³-hybridized carbons (Fsp3) is 0.667. The standard InChI is InChI=1S/C9H13N3O2/c1-2-14-9(13)7-4-3-5-8(6-7)11-12-10/h4,8H,2-3,5-6H2,1H3. The Morgan fingerprint density at radius 3 is 3.29 bits per heavy atom. The maximum atomic E-state index is 11.3. The minimum atomic E-state index is -0.287. The first-order valence-corrected chi connectivity index (χ1v) is 4.68. The largest absolute Gasteiger partial charge is 0.463 e. The van der Waals surface area contributed by atoms with E-state index in [1.54, 1.807) is 6.92 Å². The van der Waals surface area contributed by atoms with Crippen LogP contribution in [0.5, 0.6) is 0 Å². The average Bonchev–Trinajstić information content (AvgIpc) is 2.19. The molecule has 1 atom stereocenters. The molecule has 0 spiro atoms. The van der Waals surface area contributed by atoms with Gasteiger partial charge in [-0.05, 0) is 31.7 Å². The van der Waals surface area contributed by atoms with Gasteiger partial charge in [0.15, 0.2) is 0 Å². The van der Waals surface area contributed by atoms with Gasteiger partial charge in [0.2, 0.25) is 0 Å². The van der Waals surface area contributed by atoms with Crippen LogP contribution in [0.15, 0.2) is 16.8 Å². The van der Waals surface area contributed by atoms with Crippen molar-refractivity contribution in [2.45, 2.75) is 32.2 Å². The summed E-state index contributed by atoms with van der Waals surface area (Å²) in [7, 11) is 0. The summed E-state index contributed by atoms with van der Waals surface area (Å²) in [5.74, 6) is -0.287. The third kappa shape index (κ3) is 2.78. The Labute approximate surface area is 82.4 Å². The Morgan fingerprint density at radius 2 is 2.64 bits per heavy atom. The highest BCUT2D eigenvalue weighted by atomic mass is 16.5. The zero-order chi connectivity index (χ0) is 10.4. The van der Waals surface area contributed by atoms with Crippen LogP contribution in [0.3, 0.4) is 0 Å². The normalized spacial score (nSPS) is 20.6. The second-order valence-corrected chi connectivity index (χ2v) is 3.09. The highest BCUT2D eigenvalue weighted by Gasteiger charge is 2.19. The van der Waals surface area contributed by atoms with Crippen LogP contribution >= 0.6 is 0 Å². The van der Waals surface area contributed by atoms with Gasteiger partial charge in [-0.25, -0.2) is 4.79 Å². The maximum absolute atomic E-state index is 11.3. The SMILES string of the molecule is CCOC(=O)C1=CCCC(N=[N+]=[N-])C1. The maximum Gasteiger partial charge on any atom is 0.333 e. The minimum absolute atomic E-state index is 0.0931. The molecule has 0 saturated carbocycles. The fourth-order valence-corrected chi connectivity index (χ4v) is 1.45. The summed E-state index contributed by atoms with van der Waals surface area (Å²) in [5, 5.41) is 3.61. The van der Waals surface area contributed by atoms with Crippen LogP contribution in [-0.2, 0) is 9.53 Å². The molecule has 0 radical (unpaired) electrons. The smallest absolute Gasteiger partial charge is 0.333 e. The van der Waals surface area contributed by atoms with E-state index < -0.39 is 0 Å². The molecule has 0 aromatic rings. The van der Waals surface area contributed by atoms with Gasteiger partial charge in [-0.15, -0.1) is 0 Å². The lowest BCUT2D eigenvalue weighted by Crippen LogP contribution is -2.17. The number of allylic oxidation sites excluding steroid dienone is 1. The molecule has 5 nitrogen and oxygen atoms in total. The lowest BCUT2D eigenvalue weighted by atomic mass is 9.95. The third-order valence-electron chi connectivity index (χ3n) is 2.10. The van der Waals surface area contributed by atoms with Crippen molar-refractivity contribution >= 4 is 5.97 Å². The Morgan fingerprint density at radius 1 is 1.86 bits per heavy atom. The molecule has 1 unspecified atom stereocenters. The molecule has 0 heterocycles. The number of ether oxygens (including phenoxy) is 1. The van der Waals surface area contributed by atoms with Crippen LogP contribution in [0.25, 0.3) is 10.4 Å². The Kier molecular flexibility index (Phi) is 4.01. The van der Waals surface area contributed by atoms with E-state index in [2.05, 4.69) is 10.0 Å². The first-order chi connectivity index (χ1) is 6.77. The van der Waals surface area contributed by atoms with Crippen LogP contribution < -0.4 is 0 Å². The fourth-order valence-electron chi connectivity index (χ4n) is 1.45. The molecular weight excluding hydrogens is 182 g/mol. The topological polar surface area (TPSA) is 75.1 Å². The lowest BCUT2D eigenvalue weighted by molar-refractivity contribution is -0.138. The molecule has 0 aromatic heterocycles. The number of rotatable bonds is 3. The molecule has 14 heavy (non-hydrogen) atoms. The van der Waals surface area contributed by atoms with Crippen LogP contribution in [0, 0.1) is 0 Å². The second-order valence-electron chi connectivity index (χ2n) is 3.09. The first kappa shape index (κ1) is 10.6. The number of hydrogen-bond acceptors (Lipinski definition) is 3. The molecule has 0 fully saturated rings. The predicted octanol–water partition coefficient (Wildman–Crippen LogP) is 2.34. The molecule has 1 rings (SSSR count). The monoisotopic (exact) mass is 195 g/mol. The quantitative estimate of drug-likeness (QED) is 0.300. The summed E-state index contributed by atoms with van der Waals surface area (Å²) < 4.78 is 4.87. The van der Waals surface area contributed by atoms with Gasteiger partial charge in [0.25, 0.3) is 0 Å². The van der Waals surface area contributed by atoms with E-state index in [4.69, 9.17) is 10.3 Å². The molecule has 5 heteroatoms. The molecule has 1 aliphatic carbocycles. The van der Waals surface area contributed by atoms with Gasteiger partial charge in [-0.3, -0.25) is 0 Å². The van der Waals surface area contributed by atoms with Crippen LogP contribution in [0.2, 0.25) is 0 Å². The van der Waals surface area contributed by atoms with Crippen molar-refractivity contribution in [1.29, 1.82) is 0 Å². The van der Waals surface area contributed by atoms with Crippen molar-refractivity contribution in [1.82, 2.24) is 0 Å². The van der Waals surface area contributed by atoms with E-state index in [0.29, 0.717) is 18.6 Å². The van der Waals surface area contributed by atoms with Gasteiger partial charge < -0.3 is 4.74 Å². The number of esters is 1. The lowest BCUT2D eigenvalue weighted by Gasteiger charge is -2.17. The van der Waals surface area contributed by atoms with Gasteiger partial charge in [0.1, 0.15) is 0 Å². The number of hydrogen-bond donors (Lipinski definition) is 0.